The van der Waals surface area contributed by atoms with Crippen LogP contribution in [0.5, 0.6) is 0 Å². The SMILES string of the molecule is OC1(CNCc2ccc(-c3ccccc3)o2)CCCC1. The Labute approximate surface area is 119 Å². The molecular formula is C17H21NO2. The Balaban J connectivity index is 1.55. The van der Waals surface area contributed by atoms with Crippen LogP contribution in [0, 0.1) is 0 Å². The fourth-order valence-corrected chi connectivity index (χ4v) is 2.86. The maximum absolute atomic E-state index is 10.3. The van der Waals surface area contributed by atoms with E-state index in [4.69, 9.17) is 4.42 Å². The lowest BCUT2D eigenvalue weighted by Crippen LogP contribution is -2.37. The highest BCUT2D eigenvalue weighted by atomic mass is 16.3. The summed E-state index contributed by atoms with van der Waals surface area (Å²) in [6.45, 7) is 1.31. The van der Waals surface area contributed by atoms with E-state index < -0.39 is 5.60 Å². The third kappa shape index (κ3) is 3.11. The second-order valence-electron chi connectivity index (χ2n) is 5.67. The topological polar surface area (TPSA) is 45.4 Å². The average Bonchev–Trinajstić information content (AvgIpc) is 3.10. The molecule has 1 aliphatic rings. The van der Waals surface area contributed by atoms with Gasteiger partial charge in [-0.05, 0) is 25.0 Å². The van der Waals surface area contributed by atoms with E-state index in [1.807, 2.05) is 42.5 Å². The molecule has 0 atom stereocenters. The van der Waals surface area contributed by atoms with Crippen LogP contribution in [-0.4, -0.2) is 17.3 Å². The third-order valence-electron chi connectivity index (χ3n) is 4.01. The lowest BCUT2D eigenvalue weighted by Gasteiger charge is -2.22. The number of hydrogen-bond donors (Lipinski definition) is 2. The lowest BCUT2D eigenvalue weighted by atomic mass is 10.0. The van der Waals surface area contributed by atoms with Gasteiger partial charge in [0.05, 0.1) is 12.1 Å². The van der Waals surface area contributed by atoms with Gasteiger partial charge in [-0.15, -0.1) is 0 Å². The average molecular weight is 271 g/mol. The Morgan fingerprint density at radius 2 is 1.80 bits per heavy atom. The van der Waals surface area contributed by atoms with Gasteiger partial charge in [0.1, 0.15) is 11.5 Å². The van der Waals surface area contributed by atoms with Crippen molar-refractivity contribution >= 4 is 0 Å². The molecule has 0 spiro atoms. The lowest BCUT2D eigenvalue weighted by molar-refractivity contribution is 0.0471. The smallest absolute Gasteiger partial charge is 0.134 e. The molecule has 3 nitrogen and oxygen atoms in total. The van der Waals surface area contributed by atoms with Crippen molar-refractivity contribution in [1.29, 1.82) is 0 Å². The van der Waals surface area contributed by atoms with E-state index in [2.05, 4.69) is 5.32 Å². The van der Waals surface area contributed by atoms with Gasteiger partial charge in [-0.25, -0.2) is 0 Å². The standard InChI is InChI=1S/C17H21NO2/c19-17(10-4-5-11-17)13-18-12-15-8-9-16(20-15)14-6-2-1-3-7-14/h1-3,6-9,18-19H,4-5,10-13H2. The van der Waals surface area contributed by atoms with Crippen molar-refractivity contribution in [3.05, 3.63) is 48.2 Å². The number of furan rings is 1. The van der Waals surface area contributed by atoms with Crippen LogP contribution in [0.3, 0.4) is 0 Å². The zero-order valence-corrected chi connectivity index (χ0v) is 11.6. The fraction of sp³-hybridized carbons (Fsp3) is 0.412. The first-order chi connectivity index (χ1) is 9.75. The van der Waals surface area contributed by atoms with Crippen molar-refractivity contribution in [2.45, 2.75) is 37.8 Å². The highest BCUT2D eigenvalue weighted by Crippen LogP contribution is 2.28. The van der Waals surface area contributed by atoms with Crippen LogP contribution in [0.2, 0.25) is 0 Å². The van der Waals surface area contributed by atoms with E-state index in [0.717, 1.165) is 42.8 Å². The van der Waals surface area contributed by atoms with Gasteiger partial charge in [0.2, 0.25) is 0 Å². The van der Waals surface area contributed by atoms with Crippen LogP contribution in [0.25, 0.3) is 11.3 Å². The molecule has 1 aliphatic carbocycles. The van der Waals surface area contributed by atoms with Crippen molar-refractivity contribution in [2.24, 2.45) is 0 Å². The maximum Gasteiger partial charge on any atom is 0.134 e. The Bertz CT molecular complexity index is 541. The Morgan fingerprint density at radius 3 is 2.55 bits per heavy atom. The highest BCUT2D eigenvalue weighted by molar-refractivity contribution is 5.57. The first-order valence-corrected chi connectivity index (χ1v) is 7.32. The molecule has 0 amide bonds. The summed E-state index contributed by atoms with van der Waals surface area (Å²) in [5.74, 6) is 1.80. The zero-order chi connectivity index (χ0) is 13.8. The quantitative estimate of drug-likeness (QED) is 0.876. The number of aliphatic hydroxyl groups is 1. The number of hydrogen-bond acceptors (Lipinski definition) is 3. The molecule has 0 unspecified atom stereocenters. The summed E-state index contributed by atoms with van der Waals surface area (Å²) in [4.78, 5) is 0. The second-order valence-corrected chi connectivity index (χ2v) is 5.67. The molecule has 1 aromatic heterocycles. The second kappa shape index (κ2) is 5.81. The van der Waals surface area contributed by atoms with Crippen molar-refractivity contribution < 1.29 is 9.52 Å². The summed E-state index contributed by atoms with van der Waals surface area (Å²) in [6, 6.07) is 14.1. The van der Waals surface area contributed by atoms with Crippen LogP contribution in [-0.2, 0) is 6.54 Å². The maximum atomic E-state index is 10.3. The van der Waals surface area contributed by atoms with Crippen molar-refractivity contribution in [3.63, 3.8) is 0 Å². The first-order valence-electron chi connectivity index (χ1n) is 7.32. The van der Waals surface area contributed by atoms with E-state index >= 15 is 0 Å². The van der Waals surface area contributed by atoms with Crippen LogP contribution in [0.4, 0.5) is 0 Å². The predicted octanol–water partition coefficient (Wildman–Crippen LogP) is 3.34. The molecule has 0 radical (unpaired) electrons. The van der Waals surface area contributed by atoms with Gasteiger partial charge in [0.25, 0.3) is 0 Å². The highest BCUT2D eigenvalue weighted by Gasteiger charge is 2.30. The van der Waals surface area contributed by atoms with Gasteiger partial charge in [-0.2, -0.15) is 0 Å². The minimum absolute atomic E-state index is 0.505. The molecule has 1 saturated carbocycles. The molecule has 0 bridgehead atoms. The largest absolute Gasteiger partial charge is 0.460 e. The van der Waals surface area contributed by atoms with E-state index in [-0.39, 0.29) is 0 Å². The molecule has 2 N–H and O–H groups in total. The molecule has 1 fully saturated rings. The summed E-state index contributed by atoms with van der Waals surface area (Å²) >= 11 is 0. The molecule has 106 valence electrons. The van der Waals surface area contributed by atoms with Gasteiger partial charge in [-0.1, -0.05) is 43.2 Å². The van der Waals surface area contributed by atoms with Gasteiger partial charge in [0.15, 0.2) is 0 Å². The van der Waals surface area contributed by atoms with Gasteiger partial charge >= 0.3 is 0 Å². The molecular weight excluding hydrogens is 250 g/mol. The monoisotopic (exact) mass is 271 g/mol. The van der Waals surface area contributed by atoms with Gasteiger partial charge in [0, 0.05) is 12.1 Å². The van der Waals surface area contributed by atoms with Gasteiger partial charge in [-0.3, -0.25) is 0 Å². The predicted molar refractivity (Wildman–Crippen MR) is 79.3 cm³/mol. The number of rotatable bonds is 5. The van der Waals surface area contributed by atoms with E-state index in [0.29, 0.717) is 13.1 Å². The Kier molecular flexibility index (Phi) is 3.90. The van der Waals surface area contributed by atoms with Crippen molar-refractivity contribution in [3.8, 4) is 11.3 Å². The zero-order valence-electron chi connectivity index (χ0n) is 11.6. The molecule has 3 heteroatoms. The Hall–Kier alpha value is -1.58. The molecule has 2 aromatic rings. The van der Waals surface area contributed by atoms with Crippen LogP contribution < -0.4 is 5.32 Å². The van der Waals surface area contributed by atoms with E-state index in [1.165, 1.54) is 0 Å². The molecule has 0 saturated heterocycles. The third-order valence-corrected chi connectivity index (χ3v) is 4.01. The molecule has 1 heterocycles. The minimum Gasteiger partial charge on any atom is -0.460 e. The molecule has 0 aliphatic heterocycles. The van der Waals surface area contributed by atoms with E-state index in [9.17, 15) is 5.11 Å². The van der Waals surface area contributed by atoms with Crippen molar-refractivity contribution in [2.75, 3.05) is 6.54 Å². The normalized spacial score (nSPS) is 17.4. The van der Waals surface area contributed by atoms with Crippen molar-refractivity contribution in [1.82, 2.24) is 5.32 Å². The summed E-state index contributed by atoms with van der Waals surface area (Å²) in [6.07, 6.45) is 4.09. The fourth-order valence-electron chi connectivity index (χ4n) is 2.86. The Morgan fingerprint density at radius 1 is 1.05 bits per heavy atom. The van der Waals surface area contributed by atoms with E-state index in [1.54, 1.807) is 0 Å². The number of nitrogens with one attached hydrogen (secondary N) is 1. The molecule has 3 rings (SSSR count). The van der Waals surface area contributed by atoms with Gasteiger partial charge < -0.3 is 14.8 Å². The van der Waals surface area contributed by atoms with Crippen LogP contribution in [0.1, 0.15) is 31.4 Å². The first kappa shape index (κ1) is 13.4. The summed E-state index contributed by atoms with van der Waals surface area (Å²) in [5.41, 5.74) is 0.586. The number of benzene rings is 1. The van der Waals surface area contributed by atoms with Crippen LogP contribution in [0.15, 0.2) is 46.9 Å². The summed E-state index contributed by atoms with van der Waals surface area (Å²) < 4.78 is 5.82. The molecule has 1 aromatic carbocycles. The molecule has 20 heavy (non-hydrogen) atoms. The minimum atomic E-state index is -0.505. The summed E-state index contributed by atoms with van der Waals surface area (Å²) in [5, 5.41) is 13.6. The van der Waals surface area contributed by atoms with Crippen LogP contribution >= 0.6 is 0 Å². The summed E-state index contributed by atoms with van der Waals surface area (Å²) in [7, 11) is 0.